The Bertz CT molecular complexity index is 1760. The van der Waals surface area contributed by atoms with Crippen molar-refractivity contribution >= 4 is 16.7 Å². The summed E-state index contributed by atoms with van der Waals surface area (Å²) in [6.45, 7) is 9.76. The van der Waals surface area contributed by atoms with Crippen LogP contribution in [0.1, 0.15) is 141 Å². The number of aliphatic hydroxyl groups excluding tert-OH is 2. The maximum absolute atomic E-state index is 11.5. The van der Waals surface area contributed by atoms with E-state index in [9.17, 15) is 15.3 Å². The minimum atomic E-state index is -0.689. The van der Waals surface area contributed by atoms with E-state index in [-0.39, 0.29) is 34.5 Å². The molecule has 1 spiro atoms. The summed E-state index contributed by atoms with van der Waals surface area (Å²) in [4.78, 5) is 4.92. The molecule has 296 valence electrons. The minimum Gasteiger partial charge on any atom is -0.471 e. The van der Waals surface area contributed by atoms with Crippen molar-refractivity contribution in [3.05, 3.63) is 47.9 Å². The van der Waals surface area contributed by atoms with Crippen molar-refractivity contribution in [1.82, 2.24) is 5.32 Å². The average molecular weight is 742 g/mol. The van der Waals surface area contributed by atoms with Gasteiger partial charge in [0.2, 0.25) is 0 Å². The average Bonchev–Trinajstić information content (AvgIpc) is 3.52. The maximum atomic E-state index is 11.5. The smallest absolute Gasteiger partial charge is 0.190 e. The van der Waals surface area contributed by atoms with Crippen molar-refractivity contribution in [2.75, 3.05) is 0 Å². The number of guanidine groups is 1. The molecule has 1 aliphatic heterocycles. The molecule has 8 nitrogen and oxygen atoms in total. The van der Waals surface area contributed by atoms with Crippen LogP contribution in [-0.2, 0) is 17.6 Å². The third-order valence-corrected chi connectivity index (χ3v) is 16.8. The first-order valence-corrected chi connectivity index (χ1v) is 21.9. The number of hydrogen-bond acceptors (Lipinski definition) is 6. The molecule has 6 fully saturated rings. The topological polar surface area (TPSA) is 137 Å². The maximum Gasteiger partial charge on any atom is 0.190 e. The fraction of sp³-hybridized carbons (Fsp3) is 0.761. The third kappa shape index (κ3) is 6.77. The number of aliphatic imine (C=N–C) groups is 1. The van der Waals surface area contributed by atoms with Crippen molar-refractivity contribution in [2.45, 2.75) is 178 Å². The highest BCUT2D eigenvalue weighted by molar-refractivity contribution is 5.86. The fourth-order valence-electron chi connectivity index (χ4n) is 13.7. The lowest BCUT2D eigenvalue weighted by atomic mass is 9.46. The molecule has 13 atom stereocenters. The van der Waals surface area contributed by atoms with Gasteiger partial charge in [0.15, 0.2) is 5.96 Å². The number of epoxide rings is 1. The zero-order chi connectivity index (χ0) is 37.5. The number of hydrogen-bond donors (Lipinski definition) is 5. The molecule has 13 unspecified atom stereocenters. The highest BCUT2D eigenvalue weighted by atomic mass is 16.6. The van der Waals surface area contributed by atoms with Gasteiger partial charge in [-0.15, -0.1) is 0 Å². The summed E-state index contributed by atoms with van der Waals surface area (Å²) in [7, 11) is 0. The number of benzene rings is 1. The van der Waals surface area contributed by atoms with Crippen LogP contribution in [0.3, 0.4) is 0 Å². The van der Waals surface area contributed by atoms with Crippen LogP contribution in [-0.4, -0.2) is 57.0 Å². The number of fused-ring (bicyclic) bond motifs is 6. The first-order chi connectivity index (χ1) is 25.9. The fourth-order valence-corrected chi connectivity index (χ4v) is 13.7. The van der Waals surface area contributed by atoms with Crippen LogP contribution >= 0.6 is 0 Å². The van der Waals surface area contributed by atoms with Gasteiger partial charge in [0.1, 0.15) is 6.23 Å². The summed E-state index contributed by atoms with van der Waals surface area (Å²) in [5.41, 5.74) is 10.4. The number of aryl methyl sites for hydroxylation is 1. The summed E-state index contributed by atoms with van der Waals surface area (Å²) < 4.78 is 12.3. The normalized spacial score (nSPS) is 44.3. The van der Waals surface area contributed by atoms with Crippen LogP contribution in [0.2, 0.25) is 0 Å². The minimum absolute atomic E-state index is 0.0363. The molecule has 54 heavy (non-hydrogen) atoms. The van der Waals surface area contributed by atoms with Crippen LogP contribution in [0.25, 0.3) is 10.8 Å². The molecule has 5 saturated carbocycles. The molecule has 2 aromatic rings. The molecule has 8 heteroatoms. The summed E-state index contributed by atoms with van der Waals surface area (Å²) in [5, 5.41) is 38.5. The Balaban J connectivity index is 0.811. The van der Waals surface area contributed by atoms with Gasteiger partial charge in [0, 0.05) is 28.5 Å². The molecule has 6 aliphatic carbocycles. The van der Waals surface area contributed by atoms with Crippen molar-refractivity contribution < 1.29 is 24.5 Å². The van der Waals surface area contributed by atoms with Gasteiger partial charge < -0.3 is 35.5 Å². The Morgan fingerprint density at radius 3 is 2.76 bits per heavy atom. The van der Waals surface area contributed by atoms with Gasteiger partial charge in [-0.1, -0.05) is 31.2 Å². The predicted octanol–water partition coefficient (Wildman–Crippen LogP) is 8.09. The number of nitrogens with zero attached hydrogens (tertiary/aromatic N) is 1. The number of furan rings is 1. The number of ether oxygens (including phenoxy) is 1. The second-order valence-corrected chi connectivity index (χ2v) is 20.3. The molecule has 1 saturated heterocycles. The van der Waals surface area contributed by atoms with E-state index in [0.717, 1.165) is 95.3 Å². The quantitative estimate of drug-likeness (QED) is 0.0483. The van der Waals surface area contributed by atoms with Crippen molar-refractivity contribution in [2.24, 2.45) is 51.1 Å². The van der Waals surface area contributed by atoms with E-state index >= 15 is 0 Å². The molecule has 0 amide bonds. The number of allylic oxidation sites excluding steroid dienone is 1. The van der Waals surface area contributed by atoms with Gasteiger partial charge >= 0.3 is 0 Å². The molecule has 0 bridgehead atoms. The van der Waals surface area contributed by atoms with E-state index in [1.807, 2.05) is 12.5 Å². The van der Waals surface area contributed by atoms with Gasteiger partial charge in [0.05, 0.1) is 42.0 Å². The van der Waals surface area contributed by atoms with Crippen LogP contribution in [0, 0.1) is 40.4 Å². The van der Waals surface area contributed by atoms with E-state index in [4.69, 9.17) is 26.5 Å². The monoisotopic (exact) mass is 742 g/mol. The second-order valence-electron chi connectivity index (χ2n) is 20.3. The number of nitrogens with one attached hydrogen (secondary N) is 1. The Hall–Kier alpha value is -2.39. The summed E-state index contributed by atoms with van der Waals surface area (Å²) in [6.07, 6.45) is 23.3. The van der Waals surface area contributed by atoms with E-state index in [2.05, 4.69) is 31.3 Å². The molecule has 7 aliphatic rings. The molecule has 2 heterocycles. The van der Waals surface area contributed by atoms with Crippen molar-refractivity contribution in [1.29, 1.82) is 0 Å². The molecular formula is C46H67N3O5. The van der Waals surface area contributed by atoms with E-state index < -0.39 is 11.8 Å². The first kappa shape index (κ1) is 37.2. The first-order valence-electron chi connectivity index (χ1n) is 21.9. The Morgan fingerprint density at radius 1 is 1.04 bits per heavy atom. The van der Waals surface area contributed by atoms with E-state index in [1.165, 1.54) is 54.2 Å². The highest BCUT2D eigenvalue weighted by Crippen LogP contribution is 2.69. The lowest BCUT2D eigenvalue weighted by molar-refractivity contribution is -0.0712. The molecule has 1 aromatic heterocycles. The Labute approximate surface area is 322 Å². The van der Waals surface area contributed by atoms with Crippen LogP contribution in [0.5, 0.6) is 0 Å². The summed E-state index contributed by atoms with van der Waals surface area (Å²) in [5.74, 6) is 2.92. The van der Waals surface area contributed by atoms with Gasteiger partial charge in [-0.2, -0.15) is 0 Å². The van der Waals surface area contributed by atoms with Gasteiger partial charge in [-0.05, 0) is 169 Å². The Morgan fingerprint density at radius 2 is 1.91 bits per heavy atom. The zero-order valence-electron chi connectivity index (χ0n) is 33.0. The predicted molar refractivity (Wildman–Crippen MR) is 213 cm³/mol. The SMILES string of the molecule is C=C1CC2(CCC(CCC3(O)CCCC(O)C3)C2)C2OC2(C)CCC2C1CC2(C)C1CCC(C(O)NC(N)=NC2CCCc3ccc4cocc4c3C2)C1. The highest BCUT2D eigenvalue weighted by Gasteiger charge is 2.67. The third-order valence-electron chi connectivity index (χ3n) is 16.8. The van der Waals surface area contributed by atoms with Crippen LogP contribution in [0.4, 0.5) is 0 Å². The number of nitrogens with two attached hydrogens (primary N) is 1. The lowest BCUT2D eigenvalue weighted by Crippen LogP contribution is -2.51. The lowest BCUT2D eigenvalue weighted by Gasteiger charge is -2.58. The molecule has 9 rings (SSSR count). The zero-order valence-corrected chi connectivity index (χ0v) is 33.0. The molecule has 6 N–H and O–H groups in total. The largest absolute Gasteiger partial charge is 0.471 e. The molecule has 1 aromatic carbocycles. The second kappa shape index (κ2) is 13.9. The van der Waals surface area contributed by atoms with Crippen LogP contribution < -0.4 is 11.1 Å². The van der Waals surface area contributed by atoms with Crippen molar-refractivity contribution in [3.8, 4) is 0 Å². The summed E-state index contributed by atoms with van der Waals surface area (Å²) in [6, 6.07) is 4.47. The Kier molecular flexibility index (Phi) is 9.59. The number of aliphatic hydroxyl groups is 3. The summed E-state index contributed by atoms with van der Waals surface area (Å²) >= 11 is 0. The molecule has 0 radical (unpaired) electrons. The van der Waals surface area contributed by atoms with Gasteiger partial charge in [-0.25, -0.2) is 4.99 Å². The molecular weight excluding hydrogens is 675 g/mol. The van der Waals surface area contributed by atoms with E-state index in [0.29, 0.717) is 42.2 Å². The van der Waals surface area contributed by atoms with Crippen LogP contribution in [0.15, 0.2) is 46.2 Å². The standard InChI is InChI=1S/C46H67N3O5/c1-28-22-45(18-13-29(23-45)14-19-46(52)16-5-8-35(50)24-46)41-44(3,54-41)17-15-39-37(28)25-43(39,2)33-12-11-31(20-33)40(51)49-42(47)48-34-7-4-6-30-9-10-32-26-53-27-38(32)36(30)21-34/h9-10,26-27,29,31,33-35,37,39-41,50-52H,1,4-8,11-25H2,2-3H3,(H3,47,48,49). The van der Waals surface area contributed by atoms with E-state index in [1.54, 1.807) is 0 Å². The van der Waals surface area contributed by atoms with Gasteiger partial charge in [-0.3, -0.25) is 0 Å². The van der Waals surface area contributed by atoms with Crippen molar-refractivity contribution in [3.63, 3.8) is 0 Å². The number of rotatable bonds is 7. The van der Waals surface area contributed by atoms with Gasteiger partial charge in [0.25, 0.3) is 0 Å².